The third-order valence-corrected chi connectivity index (χ3v) is 4.65. The number of hydrogen-bond donors (Lipinski definition) is 4. The minimum Gasteiger partial charge on any atom is -0.465 e. The second-order valence-electron chi connectivity index (χ2n) is 6.76. The monoisotopic (exact) mass is 414 g/mol. The van der Waals surface area contributed by atoms with Crippen molar-refractivity contribution in [2.75, 3.05) is 20.8 Å². The van der Waals surface area contributed by atoms with Gasteiger partial charge in [0.25, 0.3) is 5.79 Å². The minimum absolute atomic E-state index is 0.104. The highest BCUT2D eigenvalue weighted by molar-refractivity contribution is 5.79. The van der Waals surface area contributed by atoms with E-state index in [2.05, 4.69) is 4.74 Å². The van der Waals surface area contributed by atoms with Crippen LogP contribution in [0.5, 0.6) is 0 Å². The fraction of sp³-hybridized carbons (Fsp3) is 0.579. The van der Waals surface area contributed by atoms with Crippen LogP contribution >= 0.6 is 0 Å². The molecule has 10 nitrogen and oxygen atoms in total. The van der Waals surface area contributed by atoms with Crippen LogP contribution in [0.1, 0.15) is 12.0 Å². The van der Waals surface area contributed by atoms with Crippen molar-refractivity contribution in [2.24, 2.45) is 5.92 Å². The Labute approximate surface area is 167 Å². The van der Waals surface area contributed by atoms with Gasteiger partial charge in [-0.15, -0.1) is 0 Å². The molecular weight excluding hydrogens is 388 g/mol. The summed E-state index contributed by atoms with van der Waals surface area (Å²) in [5.41, 5.74) is 0.689. The van der Waals surface area contributed by atoms with Crippen LogP contribution in [0, 0.1) is 5.92 Å². The fourth-order valence-corrected chi connectivity index (χ4v) is 3.15. The van der Waals surface area contributed by atoms with Crippen molar-refractivity contribution in [2.45, 2.75) is 43.2 Å². The molecule has 1 aromatic carbocycles. The molecule has 0 spiro atoms. The first-order valence-electron chi connectivity index (χ1n) is 8.95. The van der Waals surface area contributed by atoms with Crippen LogP contribution in [0.25, 0.3) is 0 Å². The van der Waals surface area contributed by atoms with Gasteiger partial charge in [0.05, 0.1) is 19.8 Å². The Bertz CT molecular complexity index is 681. The zero-order valence-corrected chi connectivity index (χ0v) is 16.1. The van der Waals surface area contributed by atoms with E-state index in [1.54, 1.807) is 30.3 Å². The number of hydrogen-bond acceptors (Lipinski definition) is 10. The second-order valence-corrected chi connectivity index (χ2v) is 6.76. The van der Waals surface area contributed by atoms with Crippen molar-refractivity contribution < 1.29 is 49.0 Å². The van der Waals surface area contributed by atoms with Gasteiger partial charge in [0, 0.05) is 13.5 Å². The van der Waals surface area contributed by atoms with Gasteiger partial charge in [0.2, 0.25) is 0 Å². The topological polar surface area (TPSA) is 152 Å². The maximum atomic E-state index is 12.6. The quantitative estimate of drug-likeness (QED) is 0.379. The standard InChI is InChI=1S/C19H26O10/c1-26-10-13(21)15(22)16-14(12(20)8-19(25,29-16)18(24)27-2)17(23)28-9-11-6-4-3-5-7-11/h3-7,12-16,20-22,25H,8-10H2,1-2H3. The summed E-state index contributed by atoms with van der Waals surface area (Å²) in [6.07, 6.45) is -7.28. The van der Waals surface area contributed by atoms with Crippen LogP contribution in [-0.2, 0) is 35.1 Å². The summed E-state index contributed by atoms with van der Waals surface area (Å²) in [6, 6.07) is 8.76. The Morgan fingerprint density at radius 1 is 1.24 bits per heavy atom. The molecule has 0 aromatic heterocycles. The van der Waals surface area contributed by atoms with Crippen LogP contribution in [-0.4, -0.2) is 83.4 Å². The van der Waals surface area contributed by atoms with Gasteiger partial charge < -0.3 is 39.4 Å². The van der Waals surface area contributed by atoms with Gasteiger partial charge in [-0.05, 0) is 5.56 Å². The predicted molar refractivity (Wildman–Crippen MR) is 96.1 cm³/mol. The molecule has 1 fully saturated rings. The maximum absolute atomic E-state index is 12.6. The first kappa shape index (κ1) is 23.2. The third kappa shape index (κ3) is 5.50. The molecule has 162 valence electrons. The SMILES string of the molecule is COCC(O)C(O)C1OC(O)(C(=O)OC)CC(O)C1C(=O)OCc1ccccc1. The van der Waals surface area contributed by atoms with Crippen LogP contribution in [0.2, 0.25) is 0 Å². The maximum Gasteiger partial charge on any atom is 0.366 e. The first-order chi connectivity index (χ1) is 13.7. The fourth-order valence-electron chi connectivity index (χ4n) is 3.15. The number of esters is 2. The third-order valence-electron chi connectivity index (χ3n) is 4.65. The van der Waals surface area contributed by atoms with E-state index < -0.39 is 54.5 Å². The molecule has 6 unspecified atom stereocenters. The van der Waals surface area contributed by atoms with E-state index in [1.165, 1.54) is 7.11 Å². The molecule has 0 amide bonds. The van der Waals surface area contributed by atoms with E-state index in [0.29, 0.717) is 5.56 Å². The summed E-state index contributed by atoms with van der Waals surface area (Å²) in [5.74, 6) is -6.24. The second kappa shape index (κ2) is 10.1. The average Bonchev–Trinajstić information content (AvgIpc) is 2.71. The highest BCUT2D eigenvalue weighted by Crippen LogP contribution is 2.35. The summed E-state index contributed by atoms with van der Waals surface area (Å²) in [6.45, 7) is -0.423. The van der Waals surface area contributed by atoms with Crippen LogP contribution in [0.3, 0.4) is 0 Å². The normalized spacial score (nSPS) is 29.0. The molecule has 1 aliphatic rings. The lowest BCUT2D eigenvalue weighted by molar-refractivity contribution is -0.304. The molecule has 1 heterocycles. The molecule has 0 bridgehead atoms. The molecule has 6 atom stereocenters. The number of benzene rings is 1. The Morgan fingerprint density at radius 2 is 1.90 bits per heavy atom. The summed E-state index contributed by atoms with van der Waals surface area (Å²) in [5, 5.41) is 41.4. The van der Waals surface area contributed by atoms with E-state index in [1.807, 2.05) is 0 Å². The highest BCUT2D eigenvalue weighted by atomic mass is 16.7. The lowest BCUT2D eigenvalue weighted by Crippen LogP contribution is -2.62. The Kier molecular flexibility index (Phi) is 8.08. The number of carbonyl (C=O) groups is 2. The van der Waals surface area contributed by atoms with Crippen LogP contribution in [0.15, 0.2) is 30.3 Å². The zero-order valence-electron chi connectivity index (χ0n) is 16.1. The smallest absolute Gasteiger partial charge is 0.366 e. The van der Waals surface area contributed by atoms with Crippen molar-refractivity contribution in [1.82, 2.24) is 0 Å². The minimum atomic E-state index is -2.61. The van der Waals surface area contributed by atoms with E-state index in [-0.39, 0.29) is 13.2 Å². The number of aliphatic hydroxyl groups excluding tert-OH is 3. The number of rotatable bonds is 8. The molecule has 1 aromatic rings. The lowest BCUT2D eigenvalue weighted by Gasteiger charge is -2.43. The predicted octanol–water partition coefficient (Wildman–Crippen LogP) is -1.27. The van der Waals surface area contributed by atoms with Gasteiger partial charge in [-0.3, -0.25) is 4.79 Å². The van der Waals surface area contributed by atoms with Crippen molar-refractivity contribution in [3.05, 3.63) is 35.9 Å². The highest BCUT2D eigenvalue weighted by Gasteiger charge is 2.56. The first-order valence-corrected chi connectivity index (χ1v) is 8.95. The van der Waals surface area contributed by atoms with Crippen LogP contribution in [0.4, 0.5) is 0 Å². The average molecular weight is 414 g/mol. The lowest BCUT2D eigenvalue weighted by atomic mass is 9.83. The number of aliphatic hydroxyl groups is 4. The van der Waals surface area contributed by atoms with Crippen LogP contribution < -0.4 is 0 Å². The van der Waals surface area contributed by atoms with Crippen molar-refractivity contribution in [1.29, 1.82) is 0 Å². The summed E-state index contributed by atoms with van der Waals surface area (Å²) in [7, 11) is 2.28. The molecule has 10 heteroatoms. The summed E-state index contributed by atoms with van der Waals surface area (Å²) < 4.78 is 19.7. The van der Waals surface area contributed by atoms with Gasteiger partial charge in [-0.1, -0.05) is 30.3 Å². The largest absolute Gasteiger partial charge is 0.465 e. The van der Waals surface area contributed by atoms with E-state index in [4.69, 9.17) is 14.2 Å². The Hall–Kier alpha value is -2.08. The molecule has 29 heavy (non-hydrogen) atoms. The molecule has 1 aliphatic heterocycles. The van der Waals surface area contributed by atoms with Gasteiger partial charge in [0.15, 0.2) is 0 Å². The number of methoxy groups -OCH3 is 2. The number of ether oxygens (including phenoxy) is 4. The Balaban J connectivity index is 2.23. The molecule has 0 saturated carbocycles. The van der Waals surface area contributed by atoms with Gasteiger partial charge in [-0.2, -0.15) is 0 Å². The Morgan fingerprint density at radius 3 is 2.48 bits per heavy atom. The van der Waals surface area contributed by atoms with E-state index in [9.17, 15) is 30.0 Å². The molecule has 0 radical (unpaired) electrons. The van der Waals surface area contributed by atoms with Crippen molar-refractivity contribution >= 4 is 11.9 Å². The molecule has 4 N–H and O–H groups in total. The summed E-state index contributed by atoms with van der Waals surface area (Å²) in [4.78, 5) is 24.5. The van der Waals surface area contributed by atoms with Gasteiger partial charge in [0.1, 0.15) is 30.8 Å². The van der Waals surface area contributed by atoms with E-state index >= 15 is 0 Å². The molecule has 1 saturated heterocycles. The summed E-state index contributed by atoms with van der Waals surface area (Å²) >= 11 is 0. The molecular formula is C19H26O10. The van der Waals surface area contributed by atoms with Crippen molar-refractivity contribution in [3.8, 4) is 0 Å². The zero-order chi connectivity index (χ0) is 21.6. The van der Waals surface area contributed by atoms with E-state index in [0.717, 1.165) is 7.11 Å². The molecule has 2 rings (SSSR count). The number of carbonyl (C=O) groups excluding carboxylic acids is 2. The van der Waals surface area contributed by atoms with Gasteiger partial charge in [-0.25, -0.2) is 4.79 Å². The van der Waals surface area contributed by atoms with Gasteiger partial charge >= 0.3 is 11.9 Å². The van der Waals surface area contributed by atoms with Crippen molar-refractivity contribution in [3.63, 3.8) is 0 Å². The molecule has 0 aliphatic carbocycles.